The van der Waals surface area contributed by atoms with Gasteiger partial charge in [-0.3, -0.25) is 4.90 Å². The zero-order valence-electron chi connectivity index (χ0n) is 12.5. The number of rotatable bonds is 4. The highest BCUT2D eigenvalue weighted by Gasteiger charge is 2.18. The topological polar surface area (TPSA) is 58.3 Å². The van der Waals surface area contributed by atoms with Crippen molar-refractivity contribution in [3.8, 4) is 0 Å². The molecule has 1 saturated heterocycles. The van der Waals surface area contributed by atoms with Crippen molar-refractivity contribution in [1.29, 1.82) is 0 Å². The molecule has 5 nitrogen and oxygen atoms in total. The van der Waals surface area contributed by atoms with E-state index in [0.29, 0.717) is 5.15 Å². The number of anilines is 2. The number of aromatic nitrogens is 2. The lowest BCUT2D eigenvalue weighted by atomic mass is 10.1. The van der Waals surface area contributed by atoms with E-state index in [1.807, 2.05) is 0 Å². The Morgan fingerprint density at radius 3 is 2.45 bits per heavy atom. The number of nitrogen functional groups attached to an aromatic ring is 1. The van der Waals surface area contributed by atoms with Gasteiger partial charge in [-0.25, -0.2) is 4.98 Å². The van der Waals surface area contributed by atoms with E-state index < -0.39 is 0 Å². The number of halogens is 1. The molecule has 0 radical (unpaired) electrons. The molecule has 1 fully saturated rings. The van der Waals surface area contributed by atoms with Crippen LogP contribution in [0, 0.1) is 0 Å². The van der Waals surface area contributed by atoms with Gasteiger partial charge in [0.15, 0.2) is 0 Å². The van der Waals surface area contributed by atoms with Crippen molar-refractivity contribution in [3.63, 3.8) is 0 Å². The molecular formula is C16H20ClN5. The summed E-state index contributed by atoms with van der Waals surface area (Å²) in [4.78, 5) is 12.9. The maximum atomic E-state index is 5.95. The Bertz CT molecular complexity index is 591. The van der Waals surface area contributed by atoms with Gasteiger partial charge in [-0.1, -0.05) is 41.9 Å². The van der Waals surface area contributed by atoms with Crippen molar-refractivity contribution in [2.45, 2.75) is 6.42 Å². The second-order valence-electron chi connectivity index (χ2n) is 5.47. The Labute approximate surface area is 135 Å². The van der Waals surface area contributed by atoms with Gasteiger partial charge in [0.1, 0.15) is 11.0 Å². The molecule has 0 amide bonds. The predicted molar refractivity (Wildman–Crippen MR) is 90.3 cm³/mol. The summed E-state index contributed by atoms with van der Waals surface area (Å²) in [6, 6.07) is 12.4. The van der Waals surface area contributed by atoms with Crippen LogP contribution in [0.4, 0.5) is 11.8 Å². The van der Waals surface area contributed by atoms with E-state index in [0.717, 1.165) is 45.0 Å². The summed E-state index contributed by atoms with van der Waals surface area (Å²) in [5.41, 5.74) is 7.05. The number of benzene rings is 1. The van der Waals surface area contributed by atoms with Gasteiger partial charge in [-0.15, -0.1) is 0 Å². The number of piperazine rings is 1. The highest BCUT2D eigenvalue weighted by atomic mass is 35.5. The summed E-state index contributed by atoms with van der Waals surface area (Å²) in [5.74, 6) is 1.05. The molecule has 0 aliphatic carbocycles. The largest absolute Gasteiger partial charge is 0.368 e. The van der Waals surface area contributed by atoms with Crippen molar-refractivity contribution < 1.29 is 0 Å². The van der Waals surface area contributed by atoms with Gasteiger partial charge in [0, 0.05) is 38.8 Å². The van der Waals surface area contributed by atoms with Gasteiger partial charge in [0.05, 0.1) is 0 Å². The molecule has 2 N–H and O–H groups in total. The van der Waals surface area contributed by atoms with Gasteiger partial charge in [-0.05, 0) is 12.0 Å². The summed E-state index contributed by atoms with van der Waals surface area (Å²) in [7, 11) is 0. The third-order valence-corrected chi connectivity index (χ3v) is 4.15. The Hall–Kier alpha value is -1.85. The normalized spacial score (nSPS) is 16.0. The van der Waals surface area contributed by atoms with Crippen LogP contribution in [0.1, 0.15) is 5.56 Å². The van der Waals surface area contributed by atoms with E-state index in [1.54, 1.807) is 6.07 Å². The molecule has 116 valence electrons. The standard InChI is InChI=1S/C16H20ClN5/c17-14-12-15(20-16(18)19-14)22-10-8-21(9-11-22)7-6-13-4-2-1-3-5-13/h1-5,12H,6-11H2,(H2,18,19,20). The van der Waals surface area contributed by atoms with Crippen LogP contribution >= 0.6 is 11.6 Å². The van der Waals surface area contributed by atoms with Gasteiger partial charge in [0.25, 0.3) is 0 Å². The first kappa shape index (κ1) is 15.1. The lowest BCUT2D eigenvalue weighted by Gasteiger charge is -2.35. The van der Waals surface area contributed by atoms with E-state index in [4.69, 9.17) is 17.3 Å². The summed E-state index contributed by atoms with van der Waals surface area (Å²) in [5, 5.41) is 0.397. The van der Waals surface area contributed by atoms with Crippen molar-refractivity contribution in [2.75, 3.05) is 43.4 Å². The fourth-order valence-electron chi connectivity index (χ4n) is 2.72. The average molecular weight is 318 g/mol. The number of nitrogens with two attached hydrogens (primary N) is 1. The molecular weight excluding hydrogens is 298 g/mol. The minimum atomic E-state index is 0.231. The highest BCUT2D eigenvalue weighted by molar-refractivity contribution is 6.29. The van der Waals surface area contributed by atoms with Crippen LogP contribution in [0.25, 0.3) is 0 Å². The zero-order valence-corrected chi connectivity index (χ0v) is 13.2. The fourth-order valence-corrected chi connectivity index (χ4v) is 2.90. The summed E-state index contributed by atoms with van der Waals surface area (Å²) >= 11 is 5.95. The van der Waals surface area contributed by atoms with E-state index in [9.17, 15) is 0 Å². The quantitative estimate of drug-likeness (QED) is 0.875. The third-order valence-electron chi connectivity index (χ3n) is 3.95. The molecule has 0 unspecified atom stereocenters. The van der Waals surface area contributed by atoms with Gasteiger partial charge < -0.3 is 10.6 Å². The van der Waals surface area contributed by atoms with Crippen LogP contribution in [0.15, 0.2) is 36.4 Å². The highest BCUT2D eigenvalue weighted by Crippen LogP contribution is 2.18. The maximum absolute atomic E-state index is 5.95. The van der Waals surface area contributed by atoms with Crippen molar-refractivity contribution >= 4 is 23.4 Å². The Kier molecular flexibility index (Phi) is 4.75. The molecule has 0 bridgehead atoms. The summed E-state index contributed by atoms with van der Waals surface area (Å²) in [6.07, 6.45) is 1.09. The molecule has 3 rings (SSSR count). The van der Waals surface area contributed by atoms with Crippen LogP contribution < -0.4 is 10.6 Å². The van der Waals surface area contributed by atoms with Crippen molar-refractivity contribution in [3.05, 3.63) is 47.1 Å². The minimum Gasteiger partial charge on any atom is -0.368 e. The first-order chi connectivity index (χ1) is 10.7. The van der Waals surface area contributed by atoms with Gasteiger partial charge in [0.2, 0.25) is 5.95 Å². The van der Waals surface area contributed by atoms with Gasteiger partial charge >= 0.3 is 0 Å². The molecule has 0 atom stereocenters. The first-order valence-corrected chi connectivity index (χ1v) is 7.90. The maximum Gasteiger partial charge on any atom is 0.223 e. The molecule has 1 aliphatic rings. The third kappa shape index (κ3) is 3.87. The molecule has 2 aromatic rings. The average Bonchev–Trinajstić information content (AvgIpc) is 2.53. The number of hydrogen-bond donors (Lipinski definition) is 1. The lowest BCUT2D eigenvalue weighted by molar-refractivity contribution is 0.260. The Morgan fingerprint density at radius 1 is 1.05 bits per heavy atom. The Morgan fingerprint density at radius 2 is 1.77 bits per heavy atom. The molecule has 2 heterocycles. The molecule has 0 saturated carbocycles. The monoisotopic (exact) mass is 317 g/mol. The van der Waals surface area contributed by atoms with Crippen LogP contribution in [-0.4, -0.2) is 47.6 Å². The SMILES string of the molecule is Nc1nc(Cl)cc(N2CCN(CCc3ccccc3)CC2)n1. The molecule has 22 heavy (non-hydrogen) atoms. The second-order valence-corrected chi connectivity index (χ2v) is 5.86. The van der Waals surface area contributed by atoms with Crippen molar-refractivity contribution in [1.82, 2.24) is 14.9 Å². The molecule has 6 heteroatoms. The summed E-state index contributed by atoms with van der Waals surface area (Å²) in [6.45, 7) is 5.00. The predicted octanol–water partition coefficient (Wildman–Crippen LogP) is 2.08. The Balaban J connectivity index is 1.52. The smallest absolute Gasteiger partial charge is 0.223 e. The van der Waals surface area contributed by atoms with Crippen LogP contribution in [0.2, 0.25) is 5.15 Å². The summed E-state index contributed by atoms with van der Waals surface area (Å²) < 4.78 is 0. The number of hydrogen-bond acceptors (Lipinski definition) is 5. The van der Waals surface area contributed by atoms with E-state index in [-0.39, 0.29) is 5.95 Å². The molecule has 1 aliphatic heterocycles. The van der Waals surface area contributed by atoms with Crippen LogP contribution in [0.5, 0.6) is 0 Å². The molecule has 1 aromatic carbocycles. The van der Waals surface area contributed by atoms with E-state index in [1.165, 1.54) is 5.56 Å². The molecule has 0 spiro atoms. The number of nitrogens with zero attached hydrogens (tertiary/aromatic N) is 4. The molecule has 1 aromatic heterocycles. The first-order valence-electron chi connectivity index (χ1n) is 7.52. The minimum absolute atomic E-state index is 0.231. The fraction of sp³-hybridized carbons (Fsp3) is 0.375. The zero-order chi connectivity index (χ0) is 15.4. The van der Waals surface area contributed by atoms with E-state index in [2.05, 4.69) is 50.1 Å². The van der Waals surface area contributed by atoms with Crippen LogP contribution in [-0.2, 0) is 6.42 Å². The second kappa shape index (κ2) is 6.94. The van der Waals surface area contributed by atoms with E-state index >= 15 is 0 Å². The van der Waals surface area contributed by atoms with Crippen molar-refractivity contribution in [2.24, 2.45) is 0 Å². The van der Waals surface area contributed by atoms with Gasteiger partial charge in [-0.2, -0.15) is 4.98 Å². The van der Waals surface area contributed by atoms with Crippen LogP contribution in [0.3, 0.4) is 0 Å². The lowest BCUT2D eigenvalue weighted by Crippen LogP contribution is -2.47.